The molecule has 1 aromatic carbocycles. The highest BCUT2D eigenvalue weighted by Crippen LogP contribution is 2.22. The van der Waals surface area contributed by atoms with Crippen molar-refractivity contribution >= 4 is 11.3 Å². The SMILES string of the molecule is Cc1nc(COc2ccc(F)cc2F)sc1CO. The van der Waals surface area contributed by atoms with E-state index in [1.54, 1.807) is 6.92 Å². The van der Waals surface area contributed by atoms with Crippen LogP contribution in [0.4, 0.5) is 8.78 Å². The molecule has 2 rings (SSSR count). The normalized spacial score (nSPS) is 10.7. The molecule has 0 saturated heterocycles. The standard InChI is InChI=1S/C12H11F2NO2S/c1-7-11(5-16)18-12(15-7)6-17-10-3-2-8(13)4-9(10)14/h2-4,16H,5-6H2,1H3. The second-order valence-corrected chi connectivity index (χ2v) is 4.81. The molecule has 0 bridgehead atoms. The Morgan fingerprint density at radius 3 is 2.78 bits per heavy atom. The van der Waals surface area contributed by atoms with Crippen LogP contribution in [-0.2, 0) is 13.2 Å². The Hall–Kier alpha value is -1.53. The van der Waals surface area contributed by atoms with Crippen LogP contribution >= 0.6 is 11.3 Å². The Morgan fingerprint density at radius 2 is 2.17 bits per heavy atom. The van der Waals surface area contributed by atoms with Gasteiger partial charge in [-0.25, -0.2) is 13.8 Å². The van der Waals surface area contributed by atoms with Gasteiger partial charge in [-0.05, 0) is 19.1 Å². The molecule has 0 fully saturated rings. The van der Waals surface area contributed by atoms with E-state index < -0.39 is 11.6 Å². The van der Waals surface area contributed by atoms with E-state index >= 15 is 0 Å². The van der Waals surface area contributed by atoms with Crippen molar-refractivity contribution in [3.63, 3.8) is 0 Å². The first-order valence-corrected chi connectivity index (χ1v) is 6.05. The molecule has 6 heteroatoms. The maximum atomic E-state index is 13.3. The summed E-state index contributed by atoms with van der Waals surface area (Å²) in [6.45, 7) is 1.80. The lowest BCUT2D eigenvalue weighted by atomic mass is 10.3. The summed E-state index contributed by atoms with van der Waals surface area (Å²) < 4.78 is 31.2. The summed E-state index contributed by atoms with van der Waals surface area (Å²) >= 11 is 1.31. The maximum absolute atomic E-state index is 13.3. The minimum absolute atomic E-state index is 0.0187. The Bertz CT molecular complexity index is 557. The molecular formula is C12H11F2NO2S. The number of aliphatic hydroxyl groups excluding tert-OH is 1. The molecule has 0 radical (unpaired) electrons. The number of aromatic nitrogens is 1. The van der Waals surface area contributed by atoms with Crippen molar-refractivity contribution in [1.82, 2.24) is 4.98 Å². The first-order chi connectivity index (χ1) is 8.60. The van der Waals surface area contributed by atoms with Gasteiger partial charge in [-0.2, -0.15) is 0 Å². The summed E-state index contributed by atoms with van der Waals surface area (Å²) in [5, 5.41) is 9.66. The van der Waals surface area contributed by atoms with Crippen LogP contribution < -0.4 is 4.74 Å². The first-order valence-electron chi connectivity index (χ1n) is 5.24. The lowest BCUT2D eigenvalue weighted by Crippen LogP contribution is -1.97. The molecule has 96 valence electrons. The van der Waals surface area contributed by atoms with Crippen molar-refractivity contribution in [2.75, 3.05) is 0 Å². The number of halogens is 2. The molecule has 1 heterocycles. The van der Waals surface area contributed by atoms with E-state index in [0.29, 0.717) is 5.01 Å². The number of nitrogens with zero attached hydrogens (tertiary/aromatic N) is 1. The van der Waals surface area contributed by atoms with Gasteiger partial charge < -0.3 is 9.84 Å². The molecule has 0 atom stereocenters. The molecule has 0 amide bonds. The van der Waals surface area contributed by atoms with Crippen LogP contribution in [-0.4, -0.2) is 10.1 Å². The van der Waals surface area contributed by atoms with Gasteiger partial charge in [0.1, 0.15) is 17.4 Å². The molecule has 18 heavy (non-hydrogen) atoms. The Kier molecular flexibility index (Phi) is 3.88. The number of ether oxygens (including phenoxy) is 1. The Balaban J connectivity index is 2.06. The van der Waals surface area contributed by atoms with E-state index in [1.807, 2.05) is 0 Å². The van der Waals surface area contributed by atoms with Gasteiger partial charge in [-0.15, -0.1) is 11.3 Å². The molecule has 3 nitrogen and oxygen atoms in total. The van der Waals surface area contributed by atoms with Crippen molar-refractivity contribution in [3.05, 3.63) is 45.4 Å². The molecule has 0 unspecified atom stereocenters. The van der Waals surface area contributed by atoms with E-state index in [4.69, 9.17) is 9.84 Å². The lowest BCUT2D eigenvalue weighted by Gasteiger charge is -2.04. The van der Waals surface area contributed by atoms with Crippen LogP contribution in [0.1, 0.15) is 15.6 Å². The van der Waals surface area contributed by atoms with E-state index in [9.17, 15) is 8.78 Å². The summed E-state index contributed by atoms with van der Waals surface area (Å²) in [4.78, 5) is 4.94. The topological polar surface area (TPSA) is 42.4 Å². The molecule has 0 saturated carbocycles. The average Bonchev–Trinajstić information content (AvgIpc) is 2.69. The number of thiazole rings is 1. The van der Waals surface area contributed by atoms with Crippen molar-refractivity contribution in [2.45, 2.75) is 20.1 Å². The van der Waals surface area contributed by atoms with Gasteiger partial charge in [0.25, 0.3) is 0 Å². The minimum Gasteiger partial charge on any atom is -0.483 e. The lowest BCUT2D eigenvalue weighted by molar-refractivity contribution is 0.284. The molecule has 1 N–H and O–H groups in total. The zero-order chi connectivity index (χ0) is 13.1. The molecule has 1 aromatic heterocycles. The summed E-state index contributed by atoms with van der Waals surface area (Å²) in [5.74, 6) is -1.41. The molecule has 0 aliphatic heterocycles. The third-order valence-corrected chi connectivity index (χ3v) is 3.44. The van der Waals surface area contributed by atoms with Crippen molar-refractivity contribution in [1.29, 1.82) is 0 Å². The number of aryl methyl sites for hydroxylation is 1. The highest BCUT2D eigenvalue weighted by atomic mass is 32.1. The average molecular weight is 271 g/mol. The second kappa shape index (κ2) is 5.41. The van der Waals surface area contributed by atoms with Crippen LogP contribution in [0.5, 0.6) is 5.75 Å². The molecule has 0 aliphatic carbocycles. The highest BCUT2D eigenvalue weighted by molar-refractivity contribution is 7.11. The smallest absolute Gasteiger partial charge is 0.167 e. The van der Waals surface area contributed by atoms with Crippen LogP contribution in [0.3, 0.4) is 0 Å². The van der Waals surface area contributed by atoms with Crippen LogP contribution in [0.2, 0.25) is 0 Å². The predicted molar refractivity (Wildman–Crippen MR) is 63.5 cm³/mol. The number of benzene rings is 1. The quantitative estimate of drug-likeness (QED) is 0.929. The summed E-state index contributed by atoms with van der Waals surface area (Å²) in [6, 6.07) is 3.13. The minimum atomic E-state index is -0.745. The van der Waals surface area contributed by atoms with E-state index in [0.717, 1.165) is 22.7 Å². The van der Waals surface area contributed by atoms with Crippen molar-refractivity contribution < 1.29 is 18.6 Å². The Morgan fingerprint density at radius 1 is 1.39 bits per heavy atom. The fraction of sp³-hybridized carbons (Fsp3) is 0.250. The third-order valence-electron chi connectivity index (χ3n) is 2.33. The Labute approximate surface area is 107 Å². The molecule has 0 spiro atoms. The zero-order valence-corrected chi connectivity index (χ0v) is 10.4. The van der Waals surface area contributed by atoms with Crippen LogP contribution in [0.25, 0.3) is 0 Å². The van der Waals surface area contributed by atoms with Crippen molar-refractivity contribution in [2.24, 2.45) is 0 Å². The third kappa shape index (κ3) is 2.83. The van der Waals surface area contributed by atoms with Gasteiger partial charge in [-0.3, -0.25) is 0 Å². The summed E-state index contributed by atoms with van der Waals surface area (Å²) in [5.41, 5.74) is 0.737. The summed E-state index contributed by atoms with van der Waals surface area (Å²) in [6.07, 6.45) is 0. The maximum Gasteiger partial charge on any atom is 0.167 e. The fourth-order valence-electron chi connectivity index (χ4n) is 1.43. The molecule has 0 aliphatic rings. The van der Waals surface area contributed by atoms with E-state index in [1.165, 1.54) is 17.4 Å². The number of aliphatic hydroxyl groups is 1. The van der Waals surface area contributed by atoms with Crippen LogP contribution in [0, 0.1) is 18.6 Å². The first kappa shape index (κ1) is 12.9. The van der Waals surface area contributed by atoms with Gasteiger partial charge in [0.2, 0.25) is 0 Å². The van der Waals surface area contributed by atoms with Gasteiger partial charge >= 0.3 is 0 Å². The number of hydrogen-bond acceptors (Lipinski definition) is 4. The largest absolute Gasteiger partial charge is 0.483 e. The van der Waals surface area contributed by atoms with Gasteiger partial charge in [0.05, 0.1) is 17.2 Å². The highest BCUT2D eigenvalue weighted by Gasteiger charge is 2.09. The van der Waals surface area contributed by atoms with Crippen LogP contribution in [0.15, 0.2) is 18.2 Å². The van der Waals surface area contributed by atoms with E-state index in [-0.39, 0.29) is 19.0 Å². The van der Waals surface area contributed by atoms with Gasteiger partial charge in [0.15, 0.2) is 11.6 Å². The van der Waals surface area contributed by atoms with E-state index in [2.05, 4.69) is 4.98 Å². The fourth-order valence-corrected chi connectivity index (χ4v) is 2.27. The van der Waals surface area contributed by atoms with Gasteiger partial charge in [0, 0.05) is 6.07 Å². The molecule has 2 aromatic rings. The zero-order valence-electron chi connectivity index (χ0n) is 9.61. The number of rotatable bonds is 4. The second-order valence-electron chi connectivity index (χ2n) is 3.64. The number of hydrogen-bond donors (Lipinski definition) is 1. The monoisotopic (exact) mass is 271 g/mol. The summed E-state index contributed by atoms with van der Waals surface area (Å²) in [7, 11) is 0. The predicted octanol–water partition coefficient (Wildman–Crippen LogP) is 2.80. The molecular weight excluding hydrogens is 260 g/mol. The van der Waals surface area contributed by atoms with Gasteiger partial charge in [-0.1, -0.05) is 0 Å². The van der Waals surface area contributed by atoms with Crippen molar-refractivity contribution in [3.8, 4) is 5.75 Å².